The number of hydrogen-bond acceptors (Lipinski definition) is 4. The standard InChI is InChI=1S/C14H15NO4/c16-12-6-2-1-5-10(12)11-9-19-13(15-11)7-3-4-8-14(17)18/h1-2,5-6,9,16H,3-4,7-8H2,(H,17,18). The molecule has 0 fully saturated rings. The molecule has 19 heavy (non-hydrogen) atoms. The average molecular weight is 261 g/mol. The van der Waals surface area contributed by atoms with Crippen LogP contribution in [0, 0.1) is 0 Å². The molecule has 0 aliphatic heterocycles. The van der Waals surface area contributed by atoms with E-state index in [0.29, 0.717) is 36.4 Å². The fourth-order valence-corrected chi connectivity index (χ4v) is 1.79. The number of rotatable bonds is 6. The van der Waals surface area contributed by atoms with E-state index in [1.807, 2.05) is 6.07 Å². The van der Waals surface area contributed by atoms with Crippen molar-refractivity contribution < 1.29 is 19.4 Å². The number of aromatic nitrogens is 1. The minimum absolute atomic E-state index is 0.160. The smallest absolute Gasteiger partial charge is 0.303 e. The molecule has 0 amide bonds. The van der Waals surface area contributed by atoms with E-state index in [1.54, 1.807) is 18.2 Å². The monoisotopic (exact) mass is 261 g/mol. The Balaban J connectivity index is 1.96. The molecule has 100 valence electrons. The summed E-state index contributed by atoms with van der Waals surface area (Å²) in [6.45, 7) is 0. The Kier molecular flexibility index (Phi) is 4.18. The molecule has 0 radical (unpaired) electrons. The number of phenols is 1. The highest BCUT2D eigenvalue weighted by Crippen LogP contribution is 2.27. The first kappa shape index (κ1) is 13.1. The largest absolute Gasteiger partial charge is 0.507 e. The first-order valence-electron chi connectivity index (χ1n) is 6.11. The van der Waals surface area contributed by atoms with E-state index in [2.05, 4.69) is 4.98 Å². The maximum Gasteiger partial charge on any atom is 0.303 e. The molecule has 0 spiro atoms. The maximum atomic E-state index is 10.4. The number of nitrogens with zero attached hydrogens (tertiary/aromatic N) is 1. The Morgan fingerprint density at radius 3 is 2.79 bits per heavy atom. The number of hydrogen-bond donors (Lipinski definition) is 2. The summed E-state index contributed by atoms with van der Waals surface area (Å²) < 4.78 is 5.31. The first-order valence-corrected chi connectivity index (χ1v) is 6.11. The average Bonchev–Trinajstić information content (AvgIpc) is 2.83. The molecule has 0 unspecified atom stereocenters. The molecule has 0 saturated carbocycles. The lowest BCUT2D eigenvalue weighted by Gasteiger charge is -1.98. The van der Waals surface area contributed by atoms with Gasteiger partial charge in [-0.2, -0.15) is 0 Å². The maximum absolute atomic E-state index is 10.4. The number of aromatic hydroxyl groups is 1. The van der Waals surface area contributed by atoms with Gasteiger partial charge in [-0.25, -0.2) is 4.98 Å². The van der Waals surface area contributed by atoms with E-state index in [4.69, 9.17) is 9.52 Å². The Labute approximate surface area is 110 Å². The summed E-state index contributed by atoms with van der Waals surface area (Å²) >= 11 is 0. The summed E-state index contributed by atoms with van der Waals surface area (Å²) in [6, 6.07) is 6.92. The van der Waals surface area contributed by atoms with Gasteiger partial charge in [0.05, 0.1) is 0 Å². The summed E-state index contributed by atoms with van der Waals surface area (Å²) in [7, 11) is 0. The van der Waals surface area contributed by atoms with E-state index in [-0.39, 0.29) is 12.2 Å². The third-order valence-electron chi connectivity index (χ3n) is 2.76. The number of aliphatic carboxylic acids is 1. The summed E-state index contributed by atoms with van der Waals surface area (Å²) in [5, 5.41) is 18.2. The molecule has 0 saturated heterocycles. The first-order chi connectivity index (χ1) is 9.16. The Hall–Kier alpha value is -2.30. The van der Waals surface area contributed by atoms with Crippen LogP contribution in [0.4, 0.5) is 0 Å². The zero-order valence-electron chi connectivity index (χ0n) is 10.4. The van der Waals surface area contributed by atoms with Crippen LogP contribution in [0.2, 0.25) is 0 Å². The molecule has 0 aliphatic carbocycles. The number of carboxylic acid groups (broad SMARTS) is 1. The van der Waals surface area contributed by atoms with Gasteiger partial charge in [-0.15, -0.1) is 0 Å². The van der Waals surface area contributed by atoms with Gasteiger partial charge >= 0.3 is 5.97 Å². The van der Waals surface area contributed by atoms with Crippen LogP contribution in [-0.4, -0.2) is 21.2 Å². The molecule has 1 heterocycles. The molecule has 2 rings (SSSR count). The van der Waals surface area contributed by atoms with Gasteiger partial charge in [-0.1, -0.05) is 12.1 Å². The zero-order chi connectivity index (χ0) is 13.7. The van der Waals surface area contributed by atoms with Crippen LogP contribution < -0.4 is 0 Å². The van der Waals surface area contributed by atoms with Crippen molar-refractivity contribution in [3.8, 4) is 17.0 Å². The minimum atomic E-state index is -0.790. The molecule has 2 N–H and O–H groups in total. The fourth-order valence-electron chi connectivity index (χ4n) is 1.79. The van der Waals surface area contributed by atoms with E-state index < -0.39 is 5.97 Å². The molecule has 0 atom stereocenters. The predicted molar refractivity (Wildman–Crippen MR) is 68.8 cm³/mol. The molecule has 5 heteroatoms. The topological polar surface area (TPSA) is 83.6 Å². The SMILES string of the molecule is O=C(O)CCCCc1nc(-c2ccccc2O)co1. The summed E-state index contributed by atoms with van der Waals surface area (Å²) in [4.78, 5) is 14.7. The van der Waals surface area contributed by atoms with Gasteiger partial charge in [0.1, 0.15) is 17.7 Å². The van der Waals surface area contributed by atoms with Crippen molar-refractivity contribution in [2.45, 2.75) is 25.7 Å². The lowest BCUT2D eigenvalue weighted by atomic mass is 10.1. The van der Waals surface area contributed by atoms with Gasteiger partial charge in [-0.05, 0) is 25.0 Å². The van der Waals surface area contributed by atoms with Crippen LogP contribution in [0.25, 0.3) is 11.3 Å². The van der Waals surface area contributed by atoms with Crippen LogP contribution in [0.3, 0.4) is 0 Å². The van der Waals surface area contributed by atoms with Crippen LogP contribution in [-0.2, 0) is 11.2 Å². The molecular formula is C14H15NO4. The molecule has 5 nitrogen and oxygen atoms in total. The van der Waals surface area contributed by atoms with Crippen LogP contribution in [0.5, 0.6) is 5.75 Å². The van der Waals surface area contributed by atoms with Gasteiger partial charge in [0.15, 0.2) is 5.89 Å². The van der Waals surface area contributed by atoms with Crippen molar-refractivity contribution in [1.29, 1.82) is 0 Å². The number of carboxylic acids is 1. The van der Waals surface area contributed by atoms with Gasteiger partial charge in [0.25, 0.3) is 0 Å². The van der Waals surface area contributed by atoms with Crippen LogP contribution >= 0.6 is 0 Å². The Bertz CT molecular complexity index is 562. The second-order valence-corrected chi connectivity index (χ2v) is 4.24. The van der Waals surface area contributed by atoms with E-state index >= 15 is 0 Å². The Morgan fingerprint density at radius 1 is 1.26 bits per heavy atom. The molecule has 0 aliphatic rings. The predicted octanol–water partition coefficient (Wildman–Crippen LogP) is 2.84. The third kappa shape index (κ3) is 3.58. The van der Waals surface area contributed by atoms with Crippen molar-refractivity contribution in [2.75, 3.05) is 0 Å². The van der Waals surface area contributed by atoms with E-state index in [9.17, 15) is 9.90 Å². The highest BCUT2D eigenvalue weighted by Gasteiger charge is 2.09. The van der Waals surface area contributed by atoms with Crippen molar-refractivity contribution in [3.05, 3.63) is 36.4 Å². The van der Waals surface area contributed by atoms with Crippen molar-refractivity contribution in [3.63, 3.8) is 0 Å². The number of aryl methyl sites for hydroxylation is 1. The zero-order valence-corrected chi connectivity index (χ0v) is 10.4. The molecule has 1 aromatic carbocycles. The van der Waals surface area contributed by atoms with E-state index in [0.717, 1.165) is 0 Å². The summed E-state index contributed by atoms with van der Waals surface area (Å²) in [5.41, 5.74) is 1.22. The second-order valence-electron chi connectivity index (χ2n) is 4.24. The number of benzene rings is 1. The fraction of sp³-hybridized carbons (Fsp3) is 0.286. The quantitative estimate of drug-likeness (QED) is 0.781. The number of phenolic OH excluding ortho intramolecular Hbond substituents is 1. The van der Waals surface area contributed by atoms with Gasteiger partial charge in [0, 0.05) is 18.4 Å². The van der Waals surface area contributed by atoms with Gasteiger partial charge < -0.3 is 14.6 Å². The van der Waals surface area contributed by atoms with Crippen molar-refractivity contribution in [2.24, 2.45) is 0 Å². The third-order valence-corrected chi connectivity index (χ3v) is 2.76. The minimum Gasteiger partial charge on any atom is -0.507 e. The second kappa shape index (κ2) is 6.04. The van der Waals surface area contributed by atoms with Crippen molar-refractivity contribution >= 4 is 5.97 Å². The number of oxazole rings is 1. The highest BCUT2D eigenvalue weighted by atomic mass is 16.4. The van der Waals surface area contributed by atoms with E-state index in [1.165, 1.54) is 6.26 Å². The molecular weight excluding hydrogens is 246 g/mol. The number of unbranched alkanes of at least 4 members (excludes halogenated alkanes) is 1. The molecule has 1 aromatic heterocycles. The lowest BCUT2D eigenvalue weighted by Crippen LogP contribution is -1.95. The number of carbonyl (C=O) groups is 1. The summed E-state index contributed by atoms with van der Waals surface area (Å²) in [6.07, 6.45) is 3.58. The summed E-state index contributed by atoms with van der Waals surface area (Å²) in [5.74, 6) is -0.0702. The van der Waals surface area contributed by atoms with Crippen LogP contribution in [0.1, 0.15) is 25.2 Å². The van der Waals surface area contributed by atoms with Crippen LogP contribution in [0.15, 0.2) is 34.9 Å². The number of para-hydroxylation sites is 1. The molecule has 2 aromatic rings. The van der Waals surface area contributed by atoms with Gasteiger partial charge in [0.2, 0.25) is 0 Å². The van der Waals surface area contributed by atoms with Crippen molar-refractivity contribution in [1.82, 2.24) is 4.98 Å². The lowest BCUT2D eigenvalue weighted by molar-refractivity contribution is -0.137. The molecule has 0 bridgehead atoms. The normalized spacial score (nSPS) is 10.5. The van der Waals surface area contributed by atoms with Gasteiger partial charge in [-0.3, -0.25) is 4.79 Å². The Morgan fingerprint density at radius 2 is 2.05 bits per heavy atom. The highest BCUT2D eigenvalue weighted by molar-refractivity contribution is 5.66.